The van der Waals surface area contributed by atoms with Gasteiger partial charge in [0.1, 0.15) is 0 Å². The third kappa shape index (κ3) is 4.14. The first-order valence-corrected chi connectivity index (χ1v) is 10.6. The van der Waals surface area contributed by atoms with Gasteiger partial charge in [0, 0.05) is 23.0 Å². The minimum absolute atomic E-state index is 0.120. The fraction of sp³-hybridized carbons (Fsp3) is 0.300. The molecule has 0 saturated carbocycles. The summed E-state index contributed by atoms with van der Waals surface area (Å²) < 4.78 is 27.9. The summed E-state index contributed by atoms with van der Waals surface area (Å²) in [6, 6.07) is 14.5. The van der Waals surface area contributed by atoms with Crippen LogP contribution >= 0.6 is 15.9 Å². The minimum atomic E-state index is -3.46. The second kappa shape index (κ2) is 7.74. The predicted molar refractivity (Wildman–Crippen MR) is 104 cm³/mol. The van der Waals surface area contributed by atoms with Gasteiger partial charge in [-0.15, -0.1) is 0 Å². The van der Waals surface area contributed by atoms with E-state index >= 15 is 0 Å². The summed E-state index contributed by atoms with van der Waals surface area (Å²) in [5.41, 5.74) is 1.92. The van der Waals surface area contributed by atoms with Crippen molar-refractivity contribution < 1.29 is 8.42 Å². The van der Waals surface area contributed by atoms with Crippen LogP contribution in [0.1, 0.15) is 43.4 Å². The lowest BCUT2D eigenvalue weighted by Crippen LogP contribution is -2.12. The van der Waals surface area contributed by atoms with Crippen LogP contribution < -0.4 is 0 Å². The maximum atomic E-state index is 12.8. The van der Waals surface area contributed by atoms with Crippen LogP contribution in [0.2, 0.25) is 0 Å². The van der Waals surface area contributed by atoms with Crippen molar-refractivity contribution in [2.75, 3.05) is 6.54 Å². The summed E-state index contributed by atoms with van der Waals surface area (Å²) in [6.45, 7) is 2.65. The van der Waals surface area contributed by atoms with Crippen molar-refractivity contribution in [2.24, 2.45) is 0 Å². The number of halogens is 1. The number of nitrogens with zero attached hydrogens (tertiary/aromatic N) is 1. The van der Waals surface area contributed by atoms with Gasteiger partial charge in [-0.2, -0.15) is 4.31 Å². The molecule has 0 radical (unpaired) electrons. The van der Waals surface area contributed by atoms with Crippen LogP contribution in [0.5, 0.6) is 0 Å². The molecular weight excluding hydrogens is 398 g/mol. The molecule has 0 N–H and O–H groups in total. The minimum Gasteiger partial charge on any atom is -0.207 e. The summed E-state index contributed by atoms with van der Waals surface area (Å²) in [5, 5.41) is 0. The fourth-order valence-corrected chi connectivity index (χ4v) is 4.51. The number of rotatable bonds is 5. The Kier molecular flexibility index (Phi) is 5.63. The van der Waals surface area contributed by atoms with Crippen molar-refractivity contribution in [3.8, 4) is 11.8 Å². The topological polar surface area (TPSA) is 37.1 Å². The quantitative estimate of drug-likeness (QED) is 0.400. The zero-order chi connectivity index (χ0) is 17.9. The van der Waals surface area contributed by atoms with Gasteiger partial charge in [0.15, 0.2) is 0 Å². The highest BCUT2D eigenvalue weighted by Gasteiger charge is 2.46. The molecule has 1 fully saturated rings. The second-order valence-corrected chi connectivity index (χ2v) is 8.84. The second-order valence-electron chi connectivity index (χ2n) is 6.04. The van der Waals surface area contributed by atoms with Crippen LogP contribution in [0.4, 0.5) is 0 Å². The van der Waals surface area contributed by atoms with Crippen molar-refractivity contribution in [2.45, 2.75) is 37.1 Å². The number of sulfonamides is 1. The fourth-order valence-electron chi connectivity index (χ4n) is 2.71. The highest BCUT2D eigenvalue weighted by Crippen LogP contribution is 2.41. The van der Waals surface area contributed by atoms with E-state index in [0.717, 1.165) is 34.9 Å². The van der Waals surface area contributed by atoms with Crippen LogP contribution in [0.25, 0.3) is 0 Å². The SMILES string of the molecule is CCCCC#Cc1ccccc1C1CN1S(=O)(=O)c1ccc(Br)cc1. The Morgan fingerprint density at radius 2 is 1.88 bits per heavy atom. The molecule has 0 amide bonds. The number of unbranched alkanes of at least 4 members (excludes halogenated alkanes) is 2. The first-order chi connectivity index (χ1) is 12.0. The Bertz CT molecular complexity index is 911. The Labute approximate surface area is 158 Å². The van der Waals surface area contributed by atoms with E-state index in [9.17, 15) is 8.42 Å². The van der Waals surface area contributed by atoms with Crippen molar-refractivity contribution >= 4 is 26.0 Å². The van der Waals surface area contributed by atoms with Crippen LogP contribution in [0, 0.1) is 11.8 Å². The van der Waals surface area contributed by atoms with Gasteiger partial charge in [0.25, 0.3) is 0 Å². The Morgan fingerprint density at radius 1 is 1.16 bits per heavy atom. The first kappa shape index (κ1) is 18.2. The molecule has 2 aromatic carbocycles. The van der Waals surface area contributed by atoms with Crippen molar-refractivity contribution in [3.05, 3.63) is 64.1 Å². The molecule has 2 aromatic rings. The van der Waals surface area contributed by atoms with E-state index in [1.165, 1.54) is 4.31 Å². The van der Waals surface area contributed by atoms with E-state index < -0.39 is 10.0 Å². The molecule has 1 aliphatic heterocycles. The lowest BCUT2D eigenvalue weighted by Gasteiger charge is -2.08. The van der Waals surface area contributed by atoms with E-state index in [0.29, 0.717) is 11.4 Å². The molecule has 0 aliphatic carbocycles. The van der Waals surface area contributed by atoms with Gasteiger partial charge in [-0.1, -0.05) is 59.3 Å². The van der Waals surface area contributed by atoms with E-state index in [-0.39, 0.29) is 6.04 Å². The molecule has 25 heavy (non-hydrogen) atoms. The average Bonchev–Trinajstić information content (AvgIpc) is 3.41. The summed E-state index contributed by atoms with van der Waals surface area (Å²) in [4.78, 5) is 0.324. The molecule has 3 rings (SSSR count). The highest BCUT2D eigenvalue weighted by atomic mass is 79.9. The van der Waals surface area contributed by atoms with Crippen molar-refractivity contribution in [1.82, 2.24) is 4.31 Å². The third-order valence-electron chi connectivity index (χ3n) is 4.19. The van der Waals surface area contributed by atoms with Crippen LogP contribution in [0.3, 0.4) is 0 Å². The maximum Gasteiger partial charge on any atom is 0.243 e. The largest absolute Gasteiger partial charge is 0.243 e. The normalized spacial score (nSPS) is 19.1. The third-order valence-corrected chi connectivity index (χ3v) is 6.60. The monoisotopic (exact) mass is 417 g/mol. The molecule has 130 valence electrons. The smallest absolute Gasteiger partial charge is 0.207 e. The molecule has 0 aromatic heterocycles. The number of hydrogen-bond donors (Lipinski definition) is 0. The number of benzene rings is 2. The highest BCUT2D eigenvalue weighted by molar-refractivity contribution is 9.10. The lowest BCUT2D eigenvalue weighted by atomic mass is 10.0. The molecule has 2 atom stereocenters. The predicted octanol–water partition coefficient (Wildman–Crippen LogP) is 4.74. The van der Waals surface area contributed by atoms with Gasteiger partial charge >= 0.3 is 0 Å². The summed E-state index contributed by atoms with van der Waals surface area (Å²) >= 11 is 3.33. The van der Waals surface area contributed by atoms with Gasteiger partial charge in [0.05, 0.1) is 10.9 Å². The van der Waals surface area contributed by atoms with E-state index in [1.54, 1.807) is 24.3 Å². The van der Waals surface area contributed by atoms with Crippen LogP contribution in [-0.2, 0) is 10.0 Å². The van der Waals surface area contributed by atoms with E-state index in [2.05, 4.69) is 34.7 Å². The molecule has 1 saturated heterocycles. The van der Waals surface area contributed by atoms with Crippen LogP contribution in [0.15, 0.2) is 57.9 Å². The molecule has 1 heterocycles. The van der Waals surface area contributed by atoms with Crippen LogP contribution in [-0.4, -0.2) is 19.3 Å². The summed E-state index contributed by atoms with van der Waals surface area (Å²) in [7, 11) is -3.46. The molecule has 1 aliphatic rings. The molecule has 0 bridgehead atoms. The van der Waals surface area contributed by atoms with Gasteiger partial charge in [-0.3, -0.25) is 0 Å². The first-order valence-electron chi connectivity index (χ1n) is 8.39. The molecule has 0 spiro atoms. The Hall–Kier alpha value is -1.61. The van der Waals surface area contributed by atoms with E-state index in [4.69, 9.17) is 0 Å². The molecule has 5 heteroatoms. The lowest BCUT2D eigenvalue weighted by molar-refractivity contribution is 0.554. The summed E-state index contributed by atoms with van der Waals surface area (Å²) in [6.07, 6.45) is 3.08. The standard InChI is InChI=1S/C20H20BrNO2S/c1-2-3-4-5-8-16-9-6-7-10-19(16)20-15-22(20)25(23,24)18-13-11-17(21)12-14-18/h6-7,9-14,20H,2-4,15H2,1H3. The summed E-state index contributed by atoms with van der Waals surface area (Å²) in [5.74, 6) is 6.40. The van der Waals surface area contributed by atoms with Gasteiger partial charge in [-0.05, 0) is 42.3 Å². The Balaban J connectivity index is 1.81. The number of hydrogen-bond acceptors (Lipinski definition) is 2. The van der Waals surface area contributed by atoms with Crippen molar-refractivity contribution in [1.29, 1.82) is 0 Å². The van der Waals surface area contributed by atoms with Gasteiger partial charge in [0.2, 0.25) is 10.0 Å². The zero-order valence-corrected chi connectivity index (χ0v) is 16.5. The van der Waals surface area contributed by atoms with Gasteiger partial charge < -0.3 is 0 Å². The molecular formula is C20H20BrNO2S. The average molecular weight is 418 g/mol. The van der Waals surface area contributed by atoms with E-state index in [1.807, 2.05) is 24.3 Å². The Morgan fingerprint density at radius 3 is 2.60 bits per heavy atom. The molecule has 2 unspecified atom stereocenters. The maximum absolute atomic E-state index is 12.8. The van der Waals surface area contributed by atoms with Crippen molar-refractivity contribution in [3.63, 3.8) is 0 Å². The zero-order valence-electron chi connectivity index (χ0n) is 14.1. The van der Waals surface area contributed by atoms with Gasteiger partial charge in [-0.25, -0.2) is 8.42 Å². The molecule has 3 nitrogen and oxygen atoms in total.